The highest BCUT2D eigenvalue weighted by Crippen LogP contribution is 2.64. The molecule has 0 bridgehead atoms. The monoisotopic (exact) mass is 388 g/mol. The molecule has 1 aliphatic heterocycles. The molecule has 148 valence electrons. The topological polar surface area (TPSA) is 85.3 Å². The van der Waals surface area contributed by atoms with Crippen molar-refractivity contribution < 1.29 is 9.21 Å². The first-order valence-electron chi connectivity index (χ1n) is 10.1. The van der Waals surface area contributed by atoms with Gasteiger partial charge in [-0.05, 0) is 67.6 Å². The summed E-state index contributed by atoms with van der Waals surface area (Å²) in [6.07, 6.45) is 3.45. The molecule has 1 aliphatic carbocycles. The number of primary amides is 1. The van der Waals surface area contributed by atoms with Crippen LogP contribution in [-0.4, -0.2) is 34.1 Å². The molecule has 1 saturated heterocycles. The number of benzene rings is 2. The van der Waals surface area contributed by atoms with E-state index < -0.39 is 0 Å². The Hall–Kier alpha value is -2.99. The molecule has 1 aromatic heterocycles. The highest BCUT2D eigenvalue weighted by molar-refractivity contribution is 5.92. The van der Waals surface area contributed by atoms with E-state index in [9.17, 15) is 4.79 Å². The minimum atomic E-state index is -0.382. The zero-order chi connectivity index (χ0) is 19.8. The van der Waals surface area contributed by atoms with Crippen LogP contribution in [-0.2, 0) is 6.54 Å². The fraction of sp³-hybridized carbons (Fsp3) is 0.348. The van der Waals surface area contributed by atoms with Crippen LogP contribution < -0.4 is 5.73 Å². The van der Waals surface area contributed by atoms with Gasteiger partial charge in [-0.3, -0.25) is 9.69 Å². The van der Waals surface area contributed by atoms with Crippen LogP contribution in [0.4, 0.5) is 0 Å². The van der Waals surface area contributed by atoms with E-state index >= 15 is 0 Å². The van der Waals surface area contributed by atoms with E-state index in [-0.39, 0.29) is 5.91 Å². The lowest BCUT2D eigenvalue weighted by Gasteiger charge is -2.32. The van der Waals surface area contributed by atoms with Gasteiger partial charge in [0.2, 0.25) is 17.7 Å². The van der Waals surface area contributed by atoms with Crippen LogP contribution in [0.5, 0.6) is 0 Å². The second-order valence-electron chi connectivity index (χ2n) is 8.27. The molecule has 0 radical (unpaired) electrons. The molecule has 6 nitrogen and oxygen atoms in total. The van der Waals surface area contributed by atoms with Crippen molar-refractivity contribution in [3.63, 3.8) is 0 Å². The Labute approximate surface area is 169 Å². The molecule has 6 heteroatoms. The minimum Gasteiger partial charge on any atom is -0.420 e. The fourth-order valence-electron chi connectivity index (χ4n) is 4.51. The van der Waals surface area contributed by atoms with Crippen molar-refractivity contribution >= 4 is 5.91 Å². The van der Waals surface area contributed by atoms with Crippen LogP contribution in [0.3, 0.4) is 0 Å². The third kappa shape index (κ3) is 3.56. The second kappa shape index (κ2) is 7.12. The fourth-order valence-corrected chi connectivity index (χ4v) is 4.51. The van der Waals surface area contributed by atoms with Crippen molar-refractivity contribution in [2.75, 3.05) is 13.1 Å². The van der Waals surface area contributed by atoms with E-state index in [4.69, 9.17) is 10.2 Å². The maximum atomic E-state index is 11.2. The summed E-state index contributed by atoms with van der Waals surface area (Å²) in [7, 11) is 0. The zero-order valence-electron chi connectivity index (χ0n) is 16.3. The van der Waals surface area contributed by atoms with Crippen LogP contribution in [0, 0.1) is 5.41 Å². The summed E-state index contributed by atoms with van der Waals surface area (Å²) in [5, 5.41) is 8.60. The minimum absolute atomic E-state index is 0.326. The van der Waals surface area contributed by atoms with Gasteiger partial charge in [0, 0.05) is 23.6 Å². The number of likely N-dealkylation sites (tertiary alicyclic amines) is 1. The Morgan fingerprint density at radius 1 is 1.07 bits per heavy atom. The molecule has 2 aliphatic rings. The van der Waals surface area contributed by atoms with Crippen molar-refractivity contribution in [1.29, 1.82) is 0 Å². The second-order valence-corrected chi connectivity index (χ2v) is 8.27. The van der Waals surface area contributed by atoms with Gasteiger partial charge >= 0.3 is 0 Å². The summed E-state index contributed by atoms with van der Waals surface area (Å²) >= 11 is 0. The van der Waals surface area contributed by atoms with Crippen molar-refractivity contribution in [3.8, 4) is 11.5 Å². The average Bonchev–Trinajstić information content (AvgIpc) is 3.22. The Kier molecular flexibility index (Phi) is 4.43. The van der Waals surface area contributed by atoms with E-state index in [1.807, 2.05) is 42.5 Å². The van der Waals surface area contributed by atoms with Gasteiger partial charge < -0.3 is 10.2 Å². The number of nitrogens with zero attached hydrogens (tertiary/aromatic N) is 3. The first kappa shape index (κ1) is 18.1. The number of carbonyl (C=O) groups is 1. The zero-order valence-corrected chi connectivity index (χ0v) is 16.3. The number of nitrogens with two attached hydrogens (primary N) is 1. The molecule has 1 atom stereocenters. The van der Waals surface area contributed by atoms with Crippen LogP contribution >= 0.6 is 0 Å². The smallest absolute Gasteiger partial charge is 0.248 e. The Bertz CT molecular complexity index is 1000. The quantitative estimate of drug-likeness (QED) is 0.722. The van der Waals surface area contributed by atoms with E-state index in [0.29, 0.717) is 22.8 Å². The normalized spacial score (nSPS) is 20.6. The number of hydrogen-bond acceptors (Lipinski definition) is 5. The first-order valence-corrected chi connectivity index (χ1v) is 10.1. The molecule has 3 aromatic rings. The molecular formula is C23H24N4O2. The standard InChI is InChI=1S/C23H24N4O2/c24-20(28)17-8-6-16(7-9-17)15-27-12-10-23(11-13-27)14-19(23)22-26-25-21(29-22)18-4-2-1-3-5-18/h1-9,19H,10-15H2,(H2,24,28)/t19-/m1/s1. The summed E-state index contributed by atoms with van der Waals surface area (Å²) in [5.74, 6) is 1.41. The lowest BCUT2D eigenvalue weighted by atomic mass is 9.90. The summed E-state index contributed by atoms with van der Waals surface area (Å²) in [5.41, 5.74) is 8.38. The molecule has 1 amide bonds. The van der Waals surface area contributed by atoms with Gasteiger partial charge in [0.15, 0.2) is 0 Å². The molecule has 29 heavy (non-hydrogen) atoms. The van der Waals surface area contributed by atoms with Gasteiger partial charge in [-0.25, -0.2) is 0 Å². The summed E-state index contributed by atoms with van der Waals surface area (Å²) in [6.45, 7) is 3.03. The highest BCUT2D eigenvalue weighted by atomic mass is 16.4. The van der Waals surface area contributed by atoms with Gasteiger partial charge in [-0.2, -0.15) is 0 Å². The highest BCUT2D eigenvalue weighted by Gasteiger charge is 2.58. The lowest BCUT2D eigenvalue weighted by Crippen LogP contribution is -2.34. The molecule has 2 N–H and O–H groups in total. The summed E-state index contributed by atoms with van der Waals surface area (Å²) < 4.78 is 6.00. The largest absolute Gasteiger partial charge is 0.420 e. The predicted octanol–water partition coefficient (Wildman–Crippen LogP) is 3.61. The number of aromatic nitrogens is 2. The Morgan fingerprint density at radius 3 is 2.48 bits per heavy atom. The Balaban J connectivity index is 1.18. The number of hydrogen-bond donors (Lipinski definition) is 1. The van der Waals surface area contributed by atoms with E-state index in [1.54, 1.807) is 12.1 Å². The van der Waals surface area contributed by atoms with Crippen LogP contribution in [0.15, 0.2) is 59.0 Å². The summed E-state index contributed by atoms with van der Waals surface area (Å²) in [4.78, 5) is 13.7. The van der Waals surface area contributed by atoms with E-state index in [1.165, 1.54) is 5.56 Å². The Morgan fingerprint density at radius 2 is 1.79 bits per heavy atom. The SMILES string of the molecule is NC(=O)c1ccc(CN2CCC3(CC2)C[C@@H]3c2nnc(-c3ccccc3)o2)cc1. The first-order chi connectivity index (χ1) is 14.1. The van der Waals surface area contributed by atoms with Crippen molar-refractivity contribution in [3.05, 3.63) is 71.6 Å². The molecule has 0 unspecified atom stereocenters. The van der Waals surface area contributed by atoms with Gasteiger partial charge in [0.1, 0.15) is 0 Å². The molecule has 2 fully saturated rings. The van der Waals surface area contributed by atoms with Crippen LogP contribution in [0.1, 0.15) is 47.0 Å². The van der Waals surface area contributed by atoms with Gasteiger partial charge in [-0.15, -0.1) is 10.2 Å². The van der Waals surface area contributed by atoms with E-state index in [2.05, 4.69) is 15.1 Å². The lowest BCUT2D eigenvalue weighted by molar-refractivity contribution is 0.1000. The molecular weight excluding hydrogens is 364 g/mol. The van der Waals surface area contributed by atoms with Crippen LogP contribution in [0.25, 0.3) is 11.5 Å². The van der Waals surface area contributed by atoms with Crippen molar-refractivity contribution in [2.45, 2.75) is 31.7 Å². The molecule has 2 aromatic carbocycles. The van der Waals surface area contributed by atoms with Crippen molar-refractivity contribution in [1.82, 2.24) is 15.1 Å². The molecule has 5 rings (SSSR count). The van der Waals surface area contributed by atoms with Gasteiger partial charge in [0.05, 0.1) is 0 Å². The molecule has 2 heterocycles. The molecule has 1 saturated carbocycles. The molecule has 1 spiro atoms. The number of piperidine rings is 1. The number of amides is 1. The van der Waals surface area contributed by atoms with E-state index in [0.717, 1.165) is 50.4 Å². The number of carbonyl (C=O) groups excluding carboxylic acids is 1. The number of rotatable bonds is 5. The predicted molar refractivity (Wildman–Crippen MR) is 109 cm³/mol. The third-order valence-electron chi connectivity index (χ3n) is 6.45. The van der Waals surface area contributed by atoms with Crippen LogP contribution in [0.2, 0.25) is 0 Å². The maximum absolute atomic E-state index is 11.2. The third-order valence-corrected chi connectivity index (χ3v) is 6.45. The van der Waals surface area contributed by atoms with Gasteiger partial charge in [-0.1, -0.05) is 30.3 Å². The maximum Gasteiger partial charge on any atom is 0.248 e. The average molecular weight is 388 g/mol. The van der Waals surface area contributed by atoms with Crippen molar-refractivity contribution in [2.24, 2.45) is 11.1 Å². The summed E-state index contributed by atoms with van der Waals surface area (Å²) in [6, 6.07) is 17.5. The van der Waals surface area contributed by atoms with Gasteiger partial charge in [0.25, 0.3) is 0 Å².